The van der Waals surface area contributed by atoms with Crippen LogP contribution in [0.4, 0.5) is 0 Å². The van der Waals surface area contributed by atoms with Crippen molar-refractivity contribution in [3.05, 3.63) is 19.2 Å². The van der Waals surface area contributed by atoms with Gasteiger partial charge in [-0.3, -0.25) is 0 Å². The van der Waals surface area contributed by atoms with Crippen molar-refractivity contribution in [2.45, 2.75) is 37.2 Å². The number of alkyl halides is 1. The minimum atomic E-state index is 0.0844. The van der Waals surface area contributed by atoms with E-state index in [1.807, 2.05) is 0 Å². The fraction of sp³-hybridized carbons (Fsp3) is 0.636. The highest BCUT2D eigenvalue weighted by molar-refractivity contribution is 9.12. The van der Waals surface area contributed by atoms with E-state index in [-0.39, 0.29) is 5.38 Å². The molecule has 1 aliphatic rings. The third-order valence-corrected chi connectivity index (χ3v) is 5.63. The van der Waals surface area contributed by atoms with Gasteiger partial charge in [0.15, 0.2) is 0 Å². The molecule has 0 aliphatic carbocycles. The summed E-state index contributed by atoms with van der Waals surface area (Å²) in [7, 11) is 0. The zero-order chi connectivity index (χ0) is 11.5. The molecule has 0 amide bonds. The predicted molar refractivity (Wildman–Crippen MR) is 76.5 cm³/mol. The van der Waals surface area contributed by atoms with Gasteiger partial charge in [0, 0.05) is 6.61 Å². The summed E-state index contributed by atoms with van der Waals surface area (Å²) in [6.45, 7) is 0.922. The topological polar surface area (TPSA) is 9.23 Å². The lowest BCUT2D eigenvalue weighted by Gasteiger charge is -2.12. The lowest BCUT2D eigenvalue weighted by atomic mass is 10.1. The molecule has 1 saturated heterocycles. The van der Waals surface area contributed by atoms with Crippen molar-refractivity contribution in [3.63, 3.8) is 0 Å². The van der Waals surface area contributed by atoms with Gasteiger partial charge in [0.2, 0.25) is 0 Å². The van der Waals surface area contributed by atoms with Crippen LogP contribution in [0.1, 0.15) is 36.6 Å². The SMILES string of the molecule is ClC(CCC1CCCO1)c1cc(Br)sc1Br. The first-order valence-electron chi connectivity index (χ1n) is 5.37. The minimum absolute atomic E-state index is 0.0844. The van der Waals surface area contributed by atoms with E-state index in [1.54, 1.807) is 11.3 Å². The van der Waals surface area contributed by atoms with E-state index in [1.165, 1.54) is 18.4 Å². The summed E-state index contributed by atoms with van der Waals surface area (Å²) in [6, 6.07) is 2.10. The van der Waals surface area contributed by atoms with Crippen LogP contribution in [0.2, 0.25) is 0 Å². The molecule has 0 N–H and O–H groups in total. The van der Waals surface area contributed by atoms with Crippen LogP contribution in [0.5, 0.6) is 0 Å². The van der Waals surface area contributed by atoms with Crippen molar-refractivity contribution in [2.24, 2.45) is 0 Å². The second-order valence-electron chi connectivity index (χ2n) is 3.96. The van der Waals surface area contributed by atoms with Gasteiger partial charge in [0.05, 0.1) is 19.1 Å². The summed E-state index contributed by atoms with van der Waals surface area (Å²) in [4.78, 5) is 0. The van der Waals surface area contributed by atoms with E-state index in [4.69, 9.17) is 16.3 Å². The molecule has 2 heterocycles. The van der Waals surface area contributed by atoms with Gasteiger partial charge in [0.25, 0.3) is 0 Å². The summed E-state index contributed by atoms with van der Waals surface area (Å²) in [6.07, 6.45) is 4.87. The molecule has 1 aromatic rings. The van der Waals surface area contributed by atoms with Gasteiger partial charge in [-0.2, -0.15) is 0 Å². The highest BCUT2D eigenvalue weighted by Gasteiger charge is 2.19. The van der Waals surface area contributed by atoms with Crippen molar-refractivity contribution in [3.8, 4) is 0 Å². The number of hydrogen-bond acceptors (Lipinski definition) is 2. The minimum Gasteiger partial charge on any atom is -0.378 e. The summed E-state index contributed by atoms with van der Waals surface area (Å²) >= 11 is 15.1. The summed E-state index contributed by atoms with van der Waals surface area (Å²) < 4.78 is 7.85. The first-order chi connectivity index (χ1) is 7.66. The molecular weight excluding hydrogens is 375 g/mol. The molecule has 1 aliphatic heterocycles. The maximum Gasteiger partial charge on any atom is 0.0757 e. The number of halogens is 3. The maximum atomic E-state index is 6.40. The molecule has 2 rings (SSSR count). The van der Waals surface area contributed by atoms with Crippen LogP contribution in [-0.2, 0) is 4.74 Å². The Balaban J connectivity index is 1.87. The highest BCUT2D eigenvalue weighted by atomic mass is 79.9. The largest absolute Gasteiger partial charge is 0.378 e. The molecule has 2 unspecified atom stereocenters. The van der Waals surface area contributed by atoms with Gasteiger partial charge in [-0.15, -0.1) is 22.9 Å². The average molecular weight is 389 g/mol. The first-order valence-corrected chi connectivity index (χ1v) is 8.21. The molecule has 1 fully saturated rings. The van der Waals surface area contributed by atoms with Crippen LogP contribution in [0.15, 0.2) is 13.6 Å². The van der Waals surface area contributed by atoms with E-state index in [2.05, 4.69) is 37.9 Å². The van der Waals surface area contributed by atoms with E-state index in [9.17, 15) is 0 Å². The van der Waals surface area contributed by atoms with Gasteiger partial charge >= 0.3 is 0 Å². The molecule has 0 radical (unpaired) electrons. The fourth-order valence-electron chi connectivity index (χ4n) is 1.93. The normalized spacial score (nSPS) is 22.6. The molecule has 0 spiro atoms. The number of rotatable bonds is 4. The van der Waals surface area contributed by atoms with Crippen LogP contribution in [0, 0.1) is 0 Å². The molecule has 1 aromatic heterocycles. The standard InChI is InChI=1S/C11H13Br2ClOS/c12-10-6-8(11(13)16-10)9(14)4-3-7-2-1-5-15-7/h6-7,9H,1-5H2. The van der Waals surface area contributed by atoms with Crippen LogP contribution in [-0.4, -0.2) is 12.7 Å². The Bertz CT molecular complexity index is 350. The Morgan fingerprint density at radius 1 is 1.56 bits per heavy atom. The van der Waals surface area contributed by atoms with Gasteiger partial charge in [-0.1, -0.05) is 0 Å². The van der Waals surface area contributed by atoms with Gasteiger partial charge in [-0.05, 0) is 69.2 Å². The summed E-state index contributed by atoms with van der Waals surface area (Å²) in [5, 5.41) is 0.0844. The van der Waals surface area contributed by atoms with Gasteiger partial charge in [-0.25, -0.2) is 0 Å². The monoisotopic (exact) mass is 386 g/mol. The first kappa shape index (κ1) is 13.3. The lowest BCUT2D eigenvalue weighted by molar-refractivity contribution is 0.102. The quantitative estimate of drug-likeness (QED) is 0.618. The molecule has 0 saturated carbocycles. The molecular formula is C11H13Br2ClOS. The predicted octanol–water partition coefficient (Wildman–Crippen LogP) is 5.51. The van der Waals surface area contributed by atoms with Crippen molar-refractivity contribution >= 4 is 54.8 Å². The molecule has 1 nitrogen and oxygen atoms in total. The average Bonchev–Trinajstić information content (AvgIpc) is 2.84. The van der Waals surface area contributed by atoms with E-state index >= 15 is 0 Å². The molecule has 90 valence electrons. The zero-order valence-electron chi connectivity index (χ0n) is 8.72. The third kappa shape index (κ3) is 3.45. The molecule has 0 bridgehead atoms. The molecule has 2 atom stereocenters. The zero-order valence-corrected chi connectivity index (χ0v) is 13.5. The maximum absolute atomic E-state index is 6.40. The van der Waals surface area contributed by atoms with E-state index in [0.717, 1.165) is 27.0 Å². The molecule has 16 heavy (non-hydrogen) atoms. The lowest BCUT2D eigenvalue weighted by Crippen LogP contribution is -2.05. The number of hydrogen-bond donors (Lipinski definition) is 0. The van der Waals surface area contributed by atoms with Crippen molar-refractivity contribution < 1.29 is 4.74 Å². The van der Waals surface area contributed by atoms with Crippen molar-refractivity contribution in [2.75, 3.05) is 6.61 Å². The van der Waals surface area contributed by atoms with Crippen LogP contribution >= 0.6 is 54.8 Å². The summed E-state index contributed by atoms with van der Waals surface area (Å²) in [5.74, 6) is 0. The van der Waals surface area contributed by atoms with Crippen LogP contribution in [0.25, 0.3) is 0 Å². The summed E-state index contributed by atoms with van der Waals surface area (Å²) in [5.41, 5.74) is 1.19. The number of ether oxygens (including phenoxy) is 1. The Labute approximate surface area is 122 Å². The van der Waals surface area contributed by atoms with Gasteiger partial charge < -0.3 is 4.74 Å². The van der Waals surface area contributed by atoms with E-state index in [0.29, 0.717) is 6.10 Å². The molecule has 5 heteroatoms. The third-order valence-electron chi connectivity index (χ3n) is 2.79. The highest BCUT2D eigenvalue weighted by Crippen LogP contribution is 2.40. The smallest absolute Gasteiger partial charge is 0.0757 e. The van der Waals surface area contributed by atoms with Crippen molar-refractivity contribution in [1.29, 1.82) is 0 Å². The van der Waals surface area contributed by atoms with Crippen molar-refractivity contribution in [1.82, 2.24) is 0 Å². The number of thiophene rings is 1. The molecule has 0 aromatic carbocycles. The van der Waals surface area contributed by atoms with Gasteiger partial charge in [0.1, 0.15) is 0 Å². The Morgan fingerprint density at radius 3 is 2.94 bits per heavy atom. The second-order valence-corrected chi connectivity index (χ2v) is 8.24. The van der Waals surface area contributed by atoms with Crippen LogP contribution in [0.3, 0.4) is 0 Å². The van der Waals surface area contributed by atoms with Crippen LogP contribution < -0.4 is 0 Å². The fourth-order valence-corrected chi connectivity index (χ4v) is 5.39. The second kappa shape index (κ2) is 6.19. The Morgan fingerprint density at radius 2 is 2.38 bits per heavy atom. The Kier molecular flexibility index (Phi) is 5.16. The van der Waals surface area contributed by atoms with E-state index < -0.39 is 0 Å². The Hall–Kier alpha value is 0.910.